The average Bonchev–Trinajstić information content (AvgIpc) is 3.35. The van der Waals surface area contributed by atoms with Crippen LogP contribution < -0.4 is 10.2 Å². The summed E-state index contributed by atoms with van der Waals surface area (Å²) in [6.45, 7) is 10.5. The summed E-state index contributed by atoms with van der Waals surface area (Å²) < 4.78 is 26.6. The predicted octanol–water partition coefficient (Wildman–Crippen LogP) is 2.54. The molecule has 0 aliphatic carbocycles. The summed E-state index contributed by atoms with van der Waals surface area (Å²) in [4.78, 5) is 11.2. The Morgan fingerprint density at radius 2 is 1.91 bits per heavy atom. The largest absolute Gasteiger partial charge is 0.375 e. The normalized spacial score (nSPS) is 25.0. The van der Waals surface area contributed by atoms with Crippen molar-refractivity contribution < 1.29 is 13.9 Å². The minimum Gasteiger partial charge on any atom is -0.375 e. The summed E-state index contributed by atoms with van der Waals surface area (Å²) >= 11 is 0. The number of benzene rings is 1. The van der Waals surface area contributed by atoms with Crippen LogP contribution in [0.25, 0.3) is 0 Å². The van der Waals surface area contributed by atoms with Gasteiger partial charge in [0.05, 0.1) is 18.4 Å². The Hall–Kier alpha value is -1.17. The third-order valence-corrected chi connectivity index (χ3v) is 6.61. The second kappa shape index (κ2) is 12.3. The molecule has 7 nitrogen and oxygen atoms in total. The van der Waals surface area contributed by atoms with Gasteiger partial charge in [-0.2, -0.15) is 0 Å². The fourth-order valence-corrected chi connectivity index (χ4v) is 4.72. The van der Waals surface area contributed by atoms with Crippen LogP contribution in [0.4, 0.5) is 10.1 Å². The highest BCUT2D eigenvalue weighted by Crippen LogP contribution is 2.23. The molecule has 3 saturated heterocycles. The minimum atomic E-state index is -0.149. The first-order valence-corrected chi connectivity index (χ1v) is 11.6. The molecule has 0 radical (unpaired) electrons. The van der Waals surface area contributed by atoms with Crippen LogP contribution in [-0.2, 0) is 16.0 Å². The van der Waals surface area contributed by atoms with Crippen molar-refractivity contribution in [2.75, 3.05) is 71.0 Å². The van der Waals surface area contributed by atoms with Gasteiger partial charge in [0.2, 0.25) is 0 Å². The fraction of sp³-hybridized carbons (Fsp3) is 0.696. The lowest BCUT2D eigenvalue weighted by atomic mass is 10.1. The van der Waals surface area contributed by atoms with E-state index >= 15 is 0 Å². The van der Waals surface area contributed by atoms with Crippen LogP contribution in [0, 0.1) is 5.82 Å². The first kappa shape index (κ1) is 25.5. The molecular formula is C23H37FIN5O2. The molecule has 0 bridgehead atoms. The topological polar surface area (TPSA) is 52.6 Å². The van der Waals surface area contributed by atoms with Crippen LogP contribution in [0.3, 0.4) is 0 Å². The van der Waals surface area contributed by atoms with Gasteiger partial charge < -0.3 is 29.5 Å². The zero-order valence-electron chi connectivity index (χ0n) is 19.3. The number of rotatable bonds is 5. The van der Waals surface area contributed by atoms with Gasteiger partial charge in [0.25, 0.3) is 0 Å². The van der Waals surface area contributed by atoms with E-state index in [0.29, 0.717) is 18.8 Å². The number of nitrogens with one attached hydrogen (secondary N) is 1. The van der Waals surface area contributed by atoms with Crippen LogP contribution in [0.5, 0.6) is 0 Å². The number of morpholine rings is 1. The maximum atomic E-state index is 14.8. The van der Waals surface area contributed by atoms with Crippen molar-refractivity contribution in [3.63, 3.8) is 0 Å². The maximum absolute atomic E-state index is 14.8. The molecular weight excluding hydrogens is 524 g/mol. The quantitative estimate of drug-likeness (QED) is 0.339. The Morgan fingerprint density at radius 1 is 1.12 bits per heavy atom. The number of anilines is 1. The zero-order chi connectivity index (χ0) is 21.6. The van der Waals surface area contributed by atoms with Crippen molar-refractivity contribution >= 4 is 35.6 Å². The van der Waals surface area contributed by atoms with Crippen molar-refractivity contribution in [2.24, 2.45) is 4.99 Å². The van der Waals surface area contributed by atoms with Crippen molar-refractivity contribution in [2.45, 2.75) is 38.5 Å². The molecule has 0 saturated carbocycles. The van der Waals surface area contributed by atoms with Crippen molar-refractivity contribution in [1.29, 1.82) is 0 Å². The molecule has 1 aromatic carbocycles. The summed E-state index contributed by atoms with van der Waals surface area (Å²) in [6, 6.07) is 5.58. The molecule has 0 aromatic heterocycles. The summed E-state index contributed by atoms with van der Waals surface area (Å²) in [5.41, 5.74) is 1.62. The van der Waals surface area contributed by atoms with E-state index in [1.54, 1.807) is 13.1 Å². The Labute approximate surface area is 208 Å². The van der Waals surface area contributed by atoms with Crippen molar-refractivity contribution in [3.05, 3.63) is 29.6 Å². The van der Waals surface area contributed by atoms with Gasteiger partial charge in [-0.25, -0.2) is 4.39 Å². The van der Waals surface area contributed by atoms with Crippen molar-refractivity contribution in [3.8, 4) is 0 Å². The second-order valence-electron chi connectivity index (χ2n) is 8.51. The predicted molar refractivity (Wildman–Crippen MR) is 137 cm³/mol. The number of nitrogens with zero attached hydrogens (tertiary/aromatic N) is 4. The molecule has 2 unspecified atom stereocenters. The standard InChI is InChI=1S/C23H36FN5O2.HI/c1-3-27-8-10-28(11-9-27)20-7-6-18(15-19(20)24)16-26-23(25-2)29-12-14-31-22(17-29)21-5-4-13-30-21;/h6-7,15,21-22H,3-5,8-14,16-17H2,1-2H3,(H,25,26);1H. The number of guanidine groups is 1. The molecule has 9 heteroatoms. The molecule has 3 aliphatic heterocycles. The van der Waals surface area contributed by atoms with Gasteiger partial charge in [-0.1, -0.05) is 13.0 Å². The molecule has 3 heterocycles. The Kier molecular flexibility index (Phi) is 9.81. The molecule has 2 atom stereocenters. The van der Waals surface area contributed by atoms with E-state index in [-0.39, 0.29) is 42.0 Å². The Balaban J connectivity index is 0.00000289. The van der Waals surface area contributed by atoms with E-state index in [0.717, 1.165) is 76.8 Å². The fourth-order valence-electron chi connectivity index (χ4n) is 4.72. The molecule has 0 spiro atoms. The molecule has 32 heavy (non-hydrogen) atoms. The highest BCUT2D eigenvalue weighted by atomic mass is 127. The number of aliphatic imine (C=N–C) groups is 1. The highest BCUT2D eigenvalue weighted by Gasteiger charge is 2.32. The lowest BCUT2D eigenvalue weighted by Gasteiger charge is -2.37. The van der Waals surface area contributed by atoms with E-state index < -0.39 is 0 Å². The summed E-state index contributed by atoms with van der Waals surface area (Å²) in [7, 11) is 1.79. The minimum absolute atomic E-state index is 0. The van der Waals surface area contributed by atoms with Gasteiger partial charge >= 0.3 is 0 Å². The second-order valence-corrected chi connectivity index (χ2v) is 8.51. The van der Waals surface area contributed by atoms with Gasteiger partial charge in [0.15, 0.2) is 5.96 Å². The van der Waals surface area contributed by atoms with E-state index in [4.69, 9.17) is 9.47 Å². The number of halogens is 2. The zero-order valence-corrected chi connectivity index (χ0v) is 21.6. The monoisotopic (exact) mass is 561 g/mol. The average molecular weight is 561 g/mol. The van der Waals surface area contributed by atoms with E-state index in [1.165, 1.54) is 0 Å². The van der Waals surface area contributed by atoms with E-state index in [1.807, 2.05) is 12.1 Å². The van der Waals surface area contributed by atoms with Crippen LogP contribution in [-0.4, -0.2) is 94.0 Å². The van der Waals surface area contributed by atoms with Gasteiger partial charge in [0, 0.05) is 59.5 Å². The number of piperazine rings is 1. The molecule has 0 amide bonds. The van der Waals surface area contributed by atoms with Gasteiger partial charge in [-0.05, 0) is 37.1 Å². The van der Waals surface area contributed by atoms with Crippen LogP contribution in [0.15, 0.2) is 23.2 Å². The molecule has 1 N–H and O–H groups in total. The number of likely N-dealkylation sites (N-methyl/N-ethyl adjacent to an activating group) is 1. The lowest BCUT2D eigenvalue weighted by Crippen LogP contribution is -2.53. The summed E-state index contributed by atoms with van der Waals surface area (Å²) in [5.74, 6) is 0.676. The van der Waals surface area contributed by atoms with Gasteiger partial charge in [-0.3, -0.25) is 4.99 Å². The van der Waals surface area contributed by atoms with Crippen LogP contribution >= 0.6 is 24.0 Å². The Bertz CT molecular complexity index is 754. The van der Waals surface area contributed by atoms with Crippen LogP contribution in [0.2, 0.25) is 0 Å². The Morgan fingerprint density at radius 3 is 2.56 bits per heavy atom. The smallest absolute Gasteiger partial charge is 0.194 e. The molecule has 4 rings (SSSR count). The molecule has 3 aliphatic rings. The van der Waals surface area contributed by atoms with Gasteiger partial charge in [0.1, 0.15) is 11.9 Å². The molecule has 180 valence electrons. The number of ether oxygens (including phenoxy) is 2. The van der Waals surface area contributed by atoms with Gasteiger partial charge in [-0.15, -0.1) is 24.0 Å². The summed E-state index contributed by atoms with van der Waals surface area (Å²) in [6.07, 6.45) is 2.43. The number of hydrogen-bond donors (Lipinski definition) is 1. The maximum Gasteiger partial charge on any atom is 0.194 e. The SMILES string of the molecule is CCN1CCN(c2ccc(CNC(=NC)N3CCOC(C4CCCO4)C3)cc2F)CC1.I. The molecule has 3 fully saturated rings. The number of hydrogen-bond acceptors (Lipinski definition) is 5. The van der Waals surface area contributed by atoms with E-state index in [2.05, 4.69) is 31.9 Å². The molecule has 1 aromatic rings. The third-order valence-electron chi connectivity index (χ3n) is 6.61. The first-order valence-electron chi connectivity index (χ1n) is 11.6. The third kappa shape index (κ3) is 6.24. The summed E-state index contributed by atoms with van der Waals surface area (Å²) in [5, 5.41) is 3.40. The van der Waals surface area contributed by atoms with Crippen molar-refractivity contribution in [1.82, 2.24) is 15.1 Å². The van der Waals surface area contributed by atoms with E-state index in [9.17, 15) is 4.39 Å². The first-order chi connectivity index (χ1) is 15.2. The highest BCUT2D eigenvalue weighted by molar-refractivity contribution is 14.0. The lowest BCUT2D eigenvalue weighted by molar-refractivity contribution is -0.0817. The van der Waals surface area contributed by atoms with Crippen LogP contribution in [0.1, 0.15) is 25.3 Å².